The van der Waals surface area contributed by atoms with Crippen LogP contribution in [0.15, 0.2) is 29.3 Å². The number of ether oxygens (including phenoxy) is 1. The van der Waals surface area contributed by atoms with Gasteiger partial charge in [-0.1, -0.05) is 17.7 Å². The van der Waals surface area contributed by atoms with Crippen LogP contribution in [0.25, 0.3) is 0 Å². The number of nitrogens with zero attached hydrogens (tertiary/aromatic N) is 1. The van der Waals surface area contributed by atoms with Gasteiger partial charge in [-0.15, -0.1) is 0 Å². The van der Waals surface area contributed by atoms with Crippen LogP contribution in [0.3, 0.4) is 0 Å². The van der Waals surface area contributed by atoms with E-state index < -0.39 is 11.7 Å². The highest BCUT2D eigenvalue weighted by Gasteiger charge is 2.35. The lowest BCUT2D eigenvalue weighted by molar-refractivity contribution is -0.114. The number of carbonyl (C=O) groups is 2. The predicted octanol–water partition coefficient (Wildman–Crippen LogP) is 2.37. The Balaban J connectivity index is 2.40. The van der Waals surface area contributed by atoms with Gasteiger partial charge in [-0.05, 0) is 25.1 Å². The Labute approximate surface area is 110 Å². The highest BCUT2D eigenvalue weighted by Crippen LogP contribution is 2.31. The zero-order valence-corrected chi connectivity index (χ0v) is 10.8. The van der Waals surface area contributed by atoms with Gasteiger partial charge in [0.2, 0.25) is 0 Å². The van der Waals surface area contributed by atoms with Crippen molar-refractivity contribution in [3.05, 3.63) is 34.9 Å². The SMILES string of the molecule is COc1ccc2c(c1)C(=O)C(=O)N2C/C=C(\C)Cl. The number of halogens is 1. The molecule has 1 amide bonds. The first kappa shape index (κ1) is 12.6. The zero-order valence-electron chi connectivity index (χ0n) is 10.1. The first-order valence-corrected chi connectivity index (χ1v) is 5.79. The second-order valence-corrected chi connectivity index (χ2v) is 4.52. The first-order valence-electron chi connectivity index (χ1n) is 5.41. The number of ketones is 1. The predicted molar refractivity (Wildman–Crippen MR) is 69.3 cm³/mol. The van der Waals surface area contributed by atoms with E-state index in [0.717, 1.165) is 0 Å². The number of allylic oxidation sites excluding steroid dienone is 1. The molecule has 1 aromatic carbocycles. The number of anilines is 1. The van der Waals surface area contributed by atoms with E-state index >= 15 is 0 Å². The Hall–Kier alpha value is -1.81. The Morgan fingerprint density at radius 1 is 1.44 bits per heavy atom. The average molecular weight is 266 g/mol. The van der Waals surface area contributed by atoms with Crippen LogP contribution in [0.1, 0.15) is 17.3 Å². The van der Waals surface area contributed by atoms with Crippen molar-refractivity contribution in [2.45, 2.75) is 6.92 Å². The van der Waals surface area contributed by atoms with Gasteiger partial charge in [-0.25, -0.2) is 0 Å². The lowest BCUT2D eigenvalue weighted by atomic mass is 10.1. The van der Waals surface area contributed by atoms with Crippen molar-refractivity contribution in [3.8, 4) is 5.75 Å². The fourth-order valence-corrected chi connectivity index (χ4v) is 1.87. The van der Waals surface area contributed by atoms with Gasteiger partial charge in [0.1, 0.15) is 5.75 Å². The molecule has 0 atom stereocenters. The number of methoxy groups -OCH3 is 1. The van der Waals surface area contributed by atoms with Crippen molar-refractivity contribution in [3.63, 3.8) is 0 Å². The molecule has 0 spiro atoms. The highest BCUT2D eigenvalue weighted by molar-refractivity contribution is 6.52. The number of hydrogen-bond acceptors (Lipinski definition) is 3. The molecule has 1 heterocycles. The third-order valence-corrected chi connectivity index (χ3v) is 2.89. The van der Waals surface area contributed by atoms with Gasteiger partial charge < -0.3 is 9.64 Å². The smallest absolute Gasteiger partial charge is 0.299 e. The van der Waals surface area contributed by atoms with Crippen LogP contribution in [0.2, 0.25) is 0 Å². The maximum atomic E-state index is 11.8. The van der Waals surface area contributed by atoms with Crippen molar-refractivity contribution in [1.29, 1.82) is 0 Å². The van der Waals surface area contributed by atoms with Crippen molar-refractivity contribution < 1.29 is 14.3 Å². The van der Waals surface area contributed by atoms with Crippen LogP contribution in [0.4, 0.5) is 5.69 Å². The first-order chi connectivity index (χ1) is 8.54. The van der Waals surface area contributed by atoms with Crippen molar-refractivity contribution in [2.24, 2.45) is 0 Å². The monoisotopic (exact) mass is 265 g/mol. The fourth-order valence-electron chi connectivity index (χ4n) is 1.80. The molecule has 1 aliphatic rings. The molecular formula is C13H12ClNO3. The van der Waals surface area contributed by atoms with E-state index in [4.69, 9.17) is 16.3 Å². The van der Waals surface area contributed by atoms with Crippen LogP contribution in [0.5, 0.6) is 5.75 Å². The summed E-state index contributed by atoms with van der Waals surface area (Å²) in [7, 11) is 1.51. The number of rotatable bonds is 3. The Morgan fingerprint density at radius 2 is 2.17 bits per heavy atom. The topological polar surface area (TPSA) is 46.6 Å². The number of fused-ring (bicyclic) bond motifs is 1. The molecular weight excluding hydrogens is 254 g/mol. The largest absolute Gasteiger partial charge is 0.497 e. The summed E-state index contributed by atoms with van der Waals surface area (Å²) in [5, 5.41) is 0.581. The van der Waals surface area contributed by atoms with Crippen LogP contribution in [-0.4, -0.2) is 25.3 Å². The molecule has 0 N–H and O–H groups in total. The molecule has 4 nitrogen and oxygen atoms in total. The van der Waals surface area contributed by atoms with E-state index in [1.165, 1.54) is 12.0 Å². The number of benzene rings is 1. The fraction of sp³-hybridized carbons (Fsp3) is 0.231. The van der Waals surface area contributed by atoms with Gasteiger partial charge in [-0.3, -0.25) is 9.59 Å². The standard InChI is InChI=1S/C13H12ClNO3/c1-8(14)5-6-15-11-4-3-9(18-2)7-10(11)12(16)13(15)17/h3-5,7H,6H2,1-2H3/b8-5+. The Kier molecular flexibility index (Phi) is 3.39. The number of amides is 1. The van der Waals surface area contributed by atoms with Gasteiger partial charge in [0.25, 0.3) is 11.7 Å². The molecule has 2 rings (SSSR count). The molecule has 0 saturated carbocycles. The van der Waals surface area contributed by atoms with E-state index in [-0.39, 0.29) is 0 Å². The normalized spacial score (nSPS) is 15.1. The maximum Gasteiger partial charge on any atom is 0.299 e. The third kappa shape index (κ3) is 2.11. The summed E-state index contributed by atoms with van der Waals surface area (Å²) < 4.78 is 5.04. The van der Waals surface area contributed by atoms with Crippen LogP contribution >= 0.6 is 11.6 Å². The maximum absolute atomic E-state index is 11.8. The lowest BCUT2D eigenvalue weighted by Gasteiger charge is -2.14. The highest BCUT2D eigenvalue weighted by atomic mass is 35.5. The molecule has 0 saturated heterocycles. The van der Waals surface area contributed by atoms with E-state index in [1.807, 2.05) is 0 Å². The summed E-state index contributed by atoms with van der Waals surface area (Å²) in [5.41, 5.74) is 0.972. The van der Waals surface area contributed by atoms with E-state index in [1.54, 1.807) is 31.2 Å². The minimum absolute atomic E-state index is 0.291. The summed E-state index contributed by atoms with van der Waals surface area (Å²) in [6.45, 7) is 2.01. The van der Waals surface area contributed by atoms with Crippen molar-refractivity contribution in [2.75, 3.05) is 18.6 Å². The van der Waals surface area contributed by atoms with Gasteiger partial charge in [0.05, 0.1) is 18.4 Å². The molecule has 0 bridgehead atoms. The second-order valence-electron chi connectivity index (χ2n) is 3.92. The second kappa shape index (κ2) is 4.82. The molecule has 0 radical (unpaired) electrons. The van der Waals surface area contributed by atoms with Crippen LogP contribution < -0.4 is 9.64 Å². The van der Waals surface area contributed by atoms with Gasteiger partial charge in [0.15, 0.2) is 0 Å². The Morgan fingerprint density at radius 3 is 2.78 bits per heavy atom. The molecule has 18 heavy (non-hydrogen) atoms. The lowest BCUT2D eigenvalue weighted by Crippen LogP contribution is -2.29. The minimum atomic E-state index is -0.535. The summed E-state index contributed by atoms with van der Waals surface area (Å²) in [6, 6.07) is 5.00. The molecule has 0 unspecified atom stereocenters. The molecule has 0 aliphatic carbocycles. The minimum Gasteiger partial charge on any atom is -0.497 e. The quantitative estimate of drug-likeness (QED) is 0.788. The van der Waals surface area contributed by atoms with E-state index in [2.05, 4.69) is 0 Å². The summed E-state index contributed by atoms with van der Waals surface area (Å²) in [4.78, 5) is 25.1. The number of hydrogen-bond donors (Lipinski definition) is 0. The summed E-state index contributed by atoms with van der Waals surface area (Å²) in [6.07, 6.45) is 1.69. The molecule has 94 valence electrons. The molecule has 1 aliphatic heterocycles. The van der Waals surface area contributed by atoms with Crippen LogP contribution in [0, 0.1) is 0 Å². The third-order valence-electron chi connectivity index (χ3n) is 2.73. The molecule has 0 aromatic heterocycles. The summed E-state index contributed by atoms with van der Waals surface area (Å²) in [5.74, 6) is -0.488. The van der Waals surface area contributed by atoms with Crippen molar-refractivity contribution in [1.82, 2.24) is 0 Å². The Bertz CT molecular complexity index is 547. The average Bonchev–Trinajstić information content (AvgIpc) is 2.59. The van der Waals surface area contributed by atoms with Gasteiger partial charge in [-0.2, -0.15) is 0 Å². The molecule has 1 aromatic rings. The van der Waals surface area contributed by atoms with Gasteiger partial charge in [0, 0.05) is 11.6 Å². The molecule has 5 heteroatoms. The van der Waals surface area contributed by atoms with E-state index in [0.29, 0.717) is 28.6 Å². The van der Waals surface area contributed by atoms with Gasteiger partial charge >= 0.3 is 0 Å². The number of carbonyl (C=O) groups excluding carboxylic acids is 2. The molecule has 0 fully saturated rings. The zero-order chi connectivity index (χ0) is 13.3. The van der Waals surface area contributed by atoms with Crippen molar-refractivity contribution >= 4 is 29.0 Å². The van der Waals surface area contributed by atoms with Crippen LogP contribution in [-0.2, 0) is 4.79 Å². The summed E-state index contributed by atoms with van der Waals surface area (Å²) >= 11 is 5.73. The van der Waals surface area contributed by atoms with E-state index in [9.17, 15) is 9.59 Å². The number of Topliss-reactive ketones (excluding diaryl/α,β-unsaturated/α-hetero) is 1.